The molecule has 0 fully saturated rings. The highest BCUT2D eigenvalue weighted by Crippen LogP contribution is 2.52. The highest BCUT2D eigenvalue weighted by Gasteiger charge is 2.41. The van der Waals surface area contributed by atoms with Crippen molar-refractivity contribution in [2.24, 2.45) is 0 Å². The molecule has 1 aromatic rings. The molecule has 0 aromatic heterocycles. The number of benzene rings is 1. The second-order valence-corrected chi connectivity index (χ2v) is 17.2. The molecule has 11 heteroatoms. The van der Waals surface area contributed by atoms with Crippen LogP contribution in [0, 0.1) is 0 Å². The van der Waals surface area contributed by atoms with Crippen LogP contribution in [0.4, 0.5) is 0 Å². The van der Waals surface area contributed by atoms with Gasteiger partial charge in [0, 0.05) is 13.4 Å². The van der Waals surface area contributed by atoms with Crippen molar-refractivity contribution in [2.75, 3.05) is 0 Å². The van der Waals surface area contributed by atoms with E-state index in [-0.39, 0.29) is 4.90 Å². The Bertz CT molecular complexity index is 574. The SMILES string of the molecule is O=S(=O)(c1c(Br)c(Br)c(Br)c(Br)c1Br)C(Br)(Br)Br. The molecule has 0 aliphatic carbocycles. The lowest BCUT2D eigenvalue weighted by molar-refractivity contribution is 0.597. The molecule has 0 heterocycles. The molecule has 1 rings (SSSR count). The summed E-state index contributed by atoms with van der Waals surface area (Å²) in [5.74, 6) is 0. The number of halogens is 8. The normalized spacial score (nSPS) is 12.9. The molecule has 0 saturated carbocycles. The number of rotatable bonds is 1. The molecule has 0 bridgehead atoms. The van der Waals surface area contributed by atoms with E-state index in [1.807, 2.05) is 0 Å². The molecule has 0 amide bonds. The minimum atomic E-state index is -3.72. The van der Waals surface area contributed by atoms with Crippen LogP contribution in [0.5, 0.6) is 0 Å². The molecule has 102 valence electrons. The minimum Gasteiger partial charge on any atom is -0.220 e. The third-order valence-electron chi connectivity index (χ3n) is 1.74. The molecule has 0 unspecified atom stereocenters. The Hall–Kier alpha value is 3.01. The van der Waals surface area contributed by atoms with E-state index >= 15 is 0 Å². The summed E-state index contributed by atoms with van der Waals surface area (Å²) in [6, 6.07) is 0. The van der Waals surface area contributed by atoms with Crippen LogP contribution in [0.25, 0.3) is 0 Å². The standard InChI is InChI=1S/C7Br8O2S/c8-1-2(9)4(11)6(5(12)3(1)10)18(16,17)7(13,14)15. The number of alkyl halides is 3. The van der Waals surface area contributed by atoms with Crippen LogP contribution in [-0.4, -0.2) is 9.89 Å². The maximum atomic E-state index is 12.5. The van der Waals surface area contributed by atoms with Gasteiger partial charge in [0.25, 0.3) is 0 Å². The van der Waals surface area contributed by atoms with Gasteiger partial charge in [-0.25, -0.2) is 8.42 Å². The van der Waals surface area contributed by atoms with Crippen LogP contribution in [0.3, 0.4) is 0 Å². The number of hydrogen-bond donors (Lipinski definition) is 0. The number of hydrogen-bond acceptors (Lipinski definition) is 2. The van der Waals surface area contributed by atoms with Crippen LogP contribution in [0.15, 0.2) is 27.3 Å². The molecule has 0 aliphatic rings. The van der Waals surface area contributed by atoms with Gasteiger partial charge in [-0.15, -0.1) is 0 Å². The molecule has 0 N–H and O–H groups in total. The average molecular weight is 787 g/mol. The molecular weight excluding hydrogens is 787 g/mol. The van der Waals surface area contributed by atoms with E-state index in [4.69, 9.17) is 0 Å². The highest BCUT2D eigenvalue weighted by molar-refractivity contribution is 9.42. The van der Waals surface area contributed by atoms with E-state index in [9.17, 15) is 8.42 Å². The summed E-state index contributed by atoms with van der Waals surface area (Å²) in [6.45, 7) is 0. The highest BCUT2D eigenvalue weighted by atomic mass is 80.0. The molecule has 0 aliphatic heterocycles. The molecule has 0 saturated heterocycles. The van der Waals surface area contributed by atoms with Gasteiger partial charge in [-0.1, -0.05) is 0 Å². The third-order valence-corrected chi connectivity index (χ3v) is 13.8. The summed E-state index contributed by atoms with van der Waals surface area (Å²) in [5, 5.41) is 0. The molecular formula is C7Br8O2S. The van der Waals surface area contributed by atoms with Crippen LogP contribution >= 0.6 is 127 Å². The fourth-order valence-electron chi connectivity index (χ4n) is 0.936. The van der Waals surface area contributed by atoms with Crippen molar-refractivity contribution in [1.29, 1.82) is 0 Å². The predicted molar refractivity (Wildman–Crippen MR) is 102 cm³/mol. The second-order valence-electron chi connectivity index (χ2n) is 2.85. The van der Waals surface area contributed by atoms with Gasteiger partial charge in [-0.3, -0.25) is 0 Å². The first kappa shape index (κ1) is 19.1. The van der Waals surface area contributed by atoms with Crippen molar-refractivity contribution in [3.05, 3.63) is 22.4 Å². The van der Waals surface area contributed by atoms with E-state index in [0.717, 1.165) is 0 Å². The average Bonchev–Trinajstić information content (AvgIpc) is 2.22. The van der Waals surface area contributed by atoms with Gasteiger partial charge in [0.05, 0.1) is 8.95 Å². The fourth-order valence-corrected chi connectivity index (χ4v) is 7.89. The topological polar surface area (TPSA) is 34.1 Å². The van der Waals surface area contributed by atoms with E-state index in [1.165, 1.54) is 0 Å². The van der Waals surface area contributed by atoms with Gasteiger partial charge in [0.2, 0.25) is 11.3 Å². The fraction of sp³-hybridized carbons (Fsp3) is 0.143. The summed E-state index contributed by atoms with van der Waals surface area (Å²) in [7, 11) is -3.72. The van der Waals surface area contributed by atoms with E-state index < -0.39 is 11.3 Å². The lowest BCUT2D eigenvalue weighted by Gasteiger charge is -2.18. The van der Waals surface area contributed by atoms with E-state index in [2.05, 4.69) is 127 Å². The van der Waals surface area contributed by atoms with Crippen molar-refractivity contribution >= 4 is 137 Å². The summed E-state index contributed by atoms with van der Waals surface area (Å²) < 4.78 is 26.2. The van der Waals surface area contributed by atoms with Gasteiger partial charge in [0.15, 0.2) is 0 Å². The minimum absolute atomic E-state index is 0.0927. The largest absolute Gasteiger partial charge is 0.239 e. The Morgan fingerprint density at radius 2 is 0.944 bits per heavy atom. The molecule has 18 heavy (non-hydrogen) atoms. The van der Waals surface area contributed by atoms with E-state index in [1.54, 1.807) is 0 Å². The zero-order chi connectivity index (χ0) is 14.5. The first-order chi connectivity index (χ1) is 7.93. The Labute approximate surface area is 171 Å². The van der Waals surface area contributed by atoms with Gasteiger partial charge in [-0.2, -0.15) is 0 Å². The van der Waals surface area contributed by atoms with Crippen molar-refractivity contribution < 1.29 is 8.42 Å². The van der Waals surface area contributed by atoms with Crippen LogP contribution in [0.1, 0.15) is 0 Å². The maximum Gasteiger partial charge on any atom is 0.239 e. The Balaban J connectivity index is 3.85. The summed E-state index contributed by atoms with van der Waals surface area (Å²) in [5.41, 5.74) is 0. The summed E-state index contributed by atoms with van der Waals surface area (Å²) in [4.78, 5) is 0.0927. The van der Waals surface area contributed by atoms with Crippen molar-refractivity contribution in [1.82, 2.24) is 0 Å². The maximum absolute atomic E-state index is 12.5. The summed E-state index contributed by atoms with van der Waals surface area (Å²) >= 11 is 25.6. The molecule has 0 radical (unpaired) electrons. The zero-order valence-electron chi connectivity index (χ0n) is 7.75. The van der Waals surface area contributed by atoms with Crippen molar-refractivity contribution in [2.45, 2.75) is 6.37 Å². The Kier molecular flexibility index (Phi) is 7.03. The van der Waals surface area contributed by atoms with Crippen LogP contribution < -0.4 is 0 Å². The van der Waals surface area contributed by atoms with Crippen LogP contribution in [0.2, 0.25) is 0 Å². The number of sulfone groups is 1. The van der Waals surface area contributed by atoms with Gasteiger partial charge < -0.3 is 0 Å². The van der Waals surface area contributed by atoms with Gasteiger partial charge >= 0.3 is 0 Å². The monoisotopic (exact) mass is 779 g/mol. The molecule has 1 aromatic carbocycles. The zero-order valence-corrected chi connectivity index (χ0v) is 21.3. The quantitative estimate of drug-likeness (QED) is 0.174. The first-order valence-electron chi connectivity index (χ1n) is 3.75. The smallest absolute Gasteiger partial charge is 0.220 e. The van der Waals surface area contributed by atoms with E-state index in [0.29, 0.717) is 22.4 Å². The summed E-state index contributed by atoms with van der Waals surface area (Å²) in [6.07, 6.45) is 0. The molecule has 2 nitrogen and oxygen atoms in total. The van der Waals surface area contributed by atoms with Gasteiger partial charge in [0.1, 0.15) is 4.90 Å². The Morgan fingerprint density at radius 3 is 1.22 bits per heavy atom. The lowest BCUT2D eigenvalue weighted by atomic mass is 10.4. The first-order valence-corrected chi connectivity index (χ1v) is 11.6. The Morgan fingerprint density at radius 1 is 0.667 bits per heavy atom. The lowest BCUT2D eigenvalue weighted by Crippen LogP contribution is -2.19. The second kappa shape index (κ2) is 6.64. The third kappa shape index (κ3) is 3.49. The molecule has 0 spiro atoms. The molecule has 0 atom stereocenters. The van der Waals surface area contributed by atoms with Gasteiger partial charge in [-0.05, 0) is 127 Å². The van der Waals surface area contributed by atoms with Crippen molar-refractivity contribution in [3.8, 4) is 0 Å². The van der Waals surface area contributed by atoms with Crippen molar-refractivity contribution in [3.63, 3.8) is 0 Å². The van der Waals surface area contributed by atoms with Crippen LogP contribution in [-0.2, 0) is 9.84 Å². The predicted octanol–water partition coefficient (Wildman–Crippen LogP) is 7.07.